The highest BCUT2D eigenvalue weighted by Gasteiger charge is 2.08. The van der Waals surface area contributed by atoms with Crippen LogP contribution in [0.2, 0.25) is 0 Å². The first-order valence-corrected chi connectivity index (χ1v) is 2.53. The normalized spacial score (nSPS) is 10.7. The van der Waals surface area contributed by atoms with Crippen molar-refractivity contribution in [2.75, 3.05) is 0 Å². The molecule has 0 aromatic carbocycles. The predicted molar refractivity (Wildman–Crippen MR) is 38.7 cm³/mol. The van der Waals surface area contributed by atoms with Crippen LogP contribution in [0.5, 0.6) is 0 Å². The van der Waals surface area contributed by atoms with Crippen LogP contribution in [-0.4, -0.2) is 17.2 Å². The lowest BCUT2D eigenvalue weighted by Crippen LogP contribution is -2.13. The fourth-order valence-electron chi connectivity index (χ4n) is 0.396. The third kappa shape index (κ3) is 2.90. The Bertz CT molecular complexity index is 138. The lowest BCUT2D eigenvalue weighted by atomic mass is 9.79. The van der Waals surface area contributed by atoms with Crippen LogP contribution in [0.25, 0.3) is 0 Å². The second-order valence-corrected chi connectivity index (χ2v) is 1.48. The van der Waals surface area contributed by atoms with E-state index < -0.39 is 7.12 Å². The zero-order chi connectivity index (χ0) is 7.28. The van der Waals surface area contributed by atoms with Crippen molar-refractivity contribution in [1.29, 1.82) is 0 Å². The molecule has 0 aromatic rings. The van der Waals surface area contributed by atoms with E-state index in [-0.39, 0.29) is 0 Å². The Morgan fingerprint density at radius 2 is 1.89 bits per heavy atom. The lowest BCUT2D eigenvalue weighted by Gasteiger charge is -1.94. The van der Waals surface area contributed by atoms with Gasteiger partial charge in [0.25, 0.3) is 0 Å². The van der Waals surface area contributed by atoms with Crippen molar-refractivity contribution in [2.45, 2.75) is 0 Å². The smallest absolute Gasteiger partial charge is 0.423 e. The summed E-state index contributed by atoms with van der Waals surface area (Å²) in [5.74, 6) is 0. The average Bonchev–Trinajstić information content (AvgIpc) is 1.82. The van der Waals surface area contributed by atoms with Gasteiger partial charge in [-0.25, -0.2) is 0 Å². The summed E-state index contributed by atoms with van der Waals surface area (Å²) in [7, 11) is -1.44. The standard InChI is InChI=1S/C6H9BO2/c1-3-5-6(4-2)7(8)9/h3-5,8-9H,1-2H2/b6-5+. The molecule has 0 amide bonds. The lowest BCUT2D eigenvalue weighted by molar-refractivity contribution is 0.421. The SMILES string of the molecule is C=C/C=C(\C=C)B(O)O. The van der Waals surface area contributed by atoms with Crippen molar-refractivity contribution in [2.24, 2.45) is 0 Å². The topological polar surface area (TPSA) is 40.5 Å². The Morgan fingerprint density at radius 1 is 1.33 bits per heavy atom. The quantitative estimate of drug-likeness (QED) is 0.419. The van der Waals surface area contributed by atoms with E-state index in [1.165, 1.54) is 18.2 Å². The van der Waals surface area contributed by atoms with Gasteiger partial charge in [-0.05, 0) is 5.47 Å². The van der Waals surface area contributed by atoms with Crippen molar-refractivity contribution < 1.29 is 10.0 Å². The molecule has 0 saturated carbocycles. The fourth-order valence-corrected chi connectivity index (χ4v) is 0.396. The van der Waals surface area contributed by atoms with E-state index in [0.717, 1.165) is 0 Å². The van der Waals surface area contributed by atoms with Crippen LogP contribution >= 0.6 is 0 Å². The second-order valence-electron chi connectivity index (χ2n) is 1.48. The summed E-state index contributed by atoms with van der Waals surface area (Å²) < 4.78 is 0. The van der Waals surface area contributed by atoms with Crippen molar-refractivity contribution in [3.8, 4) is 0 Å². The molecule has 0 aliphatic rings. The molecule has 0 aliphatic heterocycles. The molecule has 0 spiro atoms. The van der Waals surface area contributed by atoms with Crippen LogP contribution in [0.1, 0.15) is 0 Å². The minimum Gasteiger partial charge on any atom is -0.423 e. The van der Waals surface area contributed by atoms with Gasteiger partial charge in [-0.1, -0.05) is 31.4 Å². The molecule has 0 atom stereocenters. The summed E-state index contributed by atoms with van der Waals surface area (Å²) in [5, 5.41) is 17.0. The van der Waals surface area contributed by atoms with Crippen LogP contribution in [0.15, 0.2) is 36.9 Å². The second kappa shape index (κ2) is 4.12. The minimum atomic E-state index is -1.44. The molecular formula is C6H9BO2. The number of hydrogen-bond donors (Lipinski definition) is 2. The van der Waals surface area contributed by atoms with E-state index in [1.807, 2.05) is 0 Å². The Hall–Kier alpha value is -0.795. The van der Waals surface area contributed by atoms with Crippen LogP contribution in [0, 0.1) is 0 Å². The first-order valence-electron chi connectivity index (χ1n) is 2.53. The van der Waals surface area contributed by atoms with E-state index in [4.69, 9.17) is 10.0 Å². The molecule has 3 heteroatoms. The zero-order valence-corrected chi connectivity index (χ0v) is 5.12. The van der Waals surface area contributed by atoms with Gasteiger partial charge in [0, 0.05) is 0 Å². The molecule has 0 rings (SSSR count). The van der Waals surface area contributed by atoms with Crippen molar-refractivity contribution in [3.05, 3.63) is 36.9 Å². The van der Waals surface area contributed by atoms with Gasteiger partial charge in [0.1, 0.15) is 0 Å². The monoisotopic (exact) mass is 124 g/mol. The predicted octanol–water partition coefficient (Wildman–Crippen LogP) is 0.297. The van der Waals surface area contributed by atoms with Crippen LogP contribution in [-0.2, 0) is 0 Å². The van der Waals surface area contributed by atoms with Gasteiger partial charge >= 0.3 is 7.12 Å². The van der Waals surface area contributed by atoms with Gasteiger partial charge < -0.3 is 10.0 Å². The Morgan fingerprint density at radius 3 is 2.00 bits per heavy atom. The van der Waals surface area contributed by atoms with Gasteiger partial charge in [0.15, 0.2) is 0 Å². The summed E-state index contributed by atoms with van der Waals surface area (Å²) in [6.07, 6.45) is 4.32. The number of hydrogen-bond acceptors (Lipinski definition) is 2. The maximum Gasteiger partial charge on any atom is 0.488 e. The average molecular weight is 124 g/mol. The molecule has 0 aliphatic carbocycles. The molecule has 9 heavy (non-hydrogen) atoms. The maximum absolute atomic E-state index is 8.51. The molecule has 0 heterocycles. The molecular weight excluding hydrogens is 115 g/mol. The molecule has 2 nitrogen and oxygen atoms in total. The highest BCUT2D eigenvalue weighted by molar-refractivity contribution is 6.51. The van der Waals surface area contributed by atoms with Crippen LogP contribution in [0.3, 0.4) is 0 Å². The summed E-state index contributed by atoms with van der Waals surface area (Å²) in [6, 6.07) is 0. The molecule has 0 saturated heterocycles. The van der Waals surface area contributed by atoms with Gasteiger partial charge in [0.2, 0.25) is 0 Å². The van der Waals surface area contributed by atoms with Crippen LogP contribution < -0.4 is 0 Å². The van der Waals surface area contributed by atoms with Gasteiger partial charge in [0.05, 0.1) is 0 Å². The first kappa shape index (κ1) is 8.20. The molecule has 48 valence electrons. The van der Waals surface area contributed by atoms with E-state index >= 15 is 0 Å². The summed E-state index contributed by atoms with van der Waals surface area (Å²) >= 11 is 0. The third-order valence-corrected chi connectivity index (χ3v) is 0.844. The van der Waals surface area contributed by atoms with Crippen molar-refractivity contribution >= 4 is 7.12 Å². The first-order chi connectivity index (χ1) is 4.22. The van der Waals surface area contributed by atoms with E-state index in [1.54, 1.807) is 0 Å². The fraction of sp³-hybridized carbons (Fsp3) is 0. The van der Waals surface area contributed by atoms with Crippen molar-refractivity contribution in [1.82, 2.24) is 0 Å². The Balaban J connectivity index is 4.13. The number of allylic oxidation sites excluding steroid dienone is 4. The van der Waals surface area contributed by atoms with Crippen LogP contribution in [0.4, 0.5) is 0 Å². The van der Waals surface area contributed by atoms with Gasteiger partial charge in [-0.15, -0.1) is 0 Å². The summed E-state index contributed by atoms with van der Waals surface area (Å²) in [6.45, 7) is 6.75. The Kier molecular flexibility index (Phi) is 3.76. The van der Waals surface area contributed by atoms with E-state index in [0.29, 0.717) is 5.47 Å². The third-order valence-electron chi connectivity index (χ3n) is 0.844. The summed E-state index contributed by atoms with van der Waals surface area (Å²) in [5.41, 5.74) is 0.352. The molecule has 0 unspecified atom stereocenters. The molecule has 0 bridgehead atoms. The molecule has 0 fully saturated rings. The van der Waals surface area contributed by atoms with Gasteiger partial charge in [-0.3, -0.25) is 0 Å². The molecule has 0 radical (unpaired) electrons. The highest BCUT2D eigenvalue weighted by Crippen LogP contribution is 1.95. The van der Waals surface area contributed by atoms with E-state index in [2.05, 4.69) is 13.2 Å². The van der Waals surface area contributed by atoms with E-state index in [9.17, 15) is 0 Å². The Labute approximate surface area is 55.0 Å². The highest BCUT2D eigenvalue weighted by atomic mass is 16.4. The maximum atomic E-state index is 8.51. The van der Waals surface area contributed by atoms with Crippen molar-refractivity contribution in [3.63, 3.8) is 0 Å². The summed E-state index contributed by atoms with van der Waals surface area (Å²) in [4.78, 5) is 0. The zero-order valence-electron chi connectivity index (χ0n) is 5.12. The number of rotatable bonds is 3. The minimum absolute atomic E-state index is 0.352. The largest absolute Gasteiger partial charge is 0.488 e. The molecule has 2 N–H and O–H groups in total. The van der Waals surface area contributed by atoms with Gasteiger partial charge in [-0.2, -0.15) is 0 Å². The molecule has 0 aromatic heterocycles.